The average Bonchev–Trinajstić information content (AvgIpc) is 2.88. The van der Waals surface area contributed by atoms with Gasteiger partial charge in [0, 0.05) is 12.8 Å². The molecule has 2 aliphatic rings. The van der Waals surface area contributed by atoms with E-state index in [0.717, 1.165) is 0 Å². The fourth-order valence-corrected chi connectivity index (χ4v) is 2.74. The van der Waals surface area contributed by atoms with Gasteiger partial charge in [0.1, 0.15) is 12.2 Å². The van der Waals surface area contributed by atoms with Crippen LogP contribution in [0.25, 0.3) is 0 Å². The van der Waals surface area contributed by atoms with E-state index in [0.29, 0.717) is 22.9 Å². The summed E-state index contributed by atoms with van der Waals surface area (Å²) in [6, 6.07) is 4.98. The highest BCUT2D eigenvalue weighted by molar-refractivity contribution is 5.50. The Morgan fingerprint density at radius 1 is 1.25 bits per heavy atom. The smallest absolute Gasteiger partial charge is 0.259 e. The van der Waals surface area contributed by atoms with Gasteiger partial charge in [0.05, 0.1) is 5.41 Å². The molecular formula is C13H11F2N3O2. The van der Waals surface area contributed by atoms with Crippen molar-refractivity contribution in [1.29, 1.82) is 0 Å². The number of hydrogen-bond acceptors (Lipinski definition) is 4. The van der Waals surface area contributed by atoms with Crippen LogP contribution in [0.5, 0.6) is 11.5 Å². The molecule has 1 saturated carbocycles. The monoisotopic (exact) mass is 279 g/mol. The van der Waals surface area contributed by atoms with Crippen molar-refractivity contribution in [1.82, 2.24) is 15.2 Å². The molecule has 0 bridgehead atoms. The Labute approximate surface area is 112 Å². The summed E-state index contributed by atoms with van der Waals surface area (Å²) in [6.45, 7) is 0.129. The first kappa shape index (κ1) is 11.6. The molecule has 104 valence electrons. The highest BCUT2D eigenvalue weighted by Crippen LogP contribution is 2.63. The Morgan fingerprint density at radius 3 is 2.75 bits per heavy atom. The molecule has 1 aliphatic heterocycles. The Hall–Kier alpha value is -2.18. The van der Waals surface area contributed by atoms with Crippen LogP contribution in [0.4, 0.5) is 8.78 Å². The molecule has 0 radical (unpaired) electrons. The second kappa shape index (κ2) is 3.68. The van der Waals surface area contributed by atoms with Gasteiger partial charge in [-0.25, -0.2) is 13.8 Å². The molecule has 1 unspecified atom stereocenters. The predicted molar refractivity (Wildman–Crippen MR) is 63.9 cm³/mol. The topological polar surface area (TPSA) is 60.0 Å². The molecular weight excluding hydrogens is 268 g/mol. The van der Waals surface area contributed by atoms with Crippen molar-refractivity contribution in [2.24, 2.45) is 0 Å². The molecule has 1 aliphatic carbocycles. The van der Waals surface area contributed by atoms with E-state index in [9.17, 15) is 8.78 Å². The molecule has 2 heterocycles. The van der Waals surface area contributed by atoms with Crippen molar-refractivity contribution in [3.63, 3.8) is 0 Å². The number of H-pyrrole nitrogens is 1. The first-order valence-electron chi connectivity index (χ1n) is 6.23. The van der Waals surface area contributed by atoms with Crippen LogP contribution in [-0.2, 0) is 11.8 Å². The molecule has 1 atom stereocenters. The molecule has 0 amide bonds. The summed E-state index contributed by atoms with van der Waals surface area (Å²) in [4.78, 5) is 3.95. The van der Waals surface area contributed by atoms with Gasteiger partial charge in [-0.05, 0) is 17.7 Å². The van der Waals surface area contributed by atoms with Gasteiger partial charge in [-0.2, -0.15) is 5.10 Å². The molecule has 20 heavy (non-hydrogen) atoms. The fraction of sp³-hybridized carbons (Fsp3) is 0.385. The van der Waals surface area contributed by atoms with Crippen LogP contribution in [0.15, 0.2) is 24.5 Å². The quantitative estimate of drug-likeness (QED) is 0.934. The molecule has 0 spiro atoms. The van der Waals surface area contributed by atoms with Crippen LogP contribution in [0.2, 0.25) is 0 Å². The summed E-state index contributed by atoms with van der Waals surface area (Å²) in [5.41, 5.74) is -0.684. The number of fused-ring (bicyclic) bond motifs is 1. The van der Waals surface area contributed by atoms with Crippen LogP contribution in [0.3, 0.4) is 0 Å². The number of nitrogens with one attached hydrogen (secondary N) is 1. The number of nitrogens with zero attached hydrogens (tertiary/aromatic N) is 2. The van der Waals surface area contributed by atoms with Crippen molar-refractivity contribution >= 4 is 0 Å². The van der Waals surface area contributed by atoms with Crippen molar-refractivity contribution < 1.29 is 18.3 Å². The van der Waals surface area contributed by atoms with Crippen molar-refractivity contribution in [3.8, 4) is 11.5 Å². The third kappa shape index (κ3) is 1.52. The van der Waals surface area contributed by atoms with Gasteiger partial charge >= 0.3 is 0 Å². The zero-order valence-corrected chi connectivity index (χ0v) is 10.4. The maximum absolute atomic E-state index is 13.9. The van der Waals surface area contributed by atoms with Gasteiger partial charge in [-0.3, -0.25) is 5.10 Å². The number of hydrogen-bond donors (Lipinski definition) is 1. The van der Waals surface area contributed by atoms with E-state index >= 15 is 0 Å². The normalized spacial score (nSPS) is 25.7. The molecule has 0 saturated heterocycles. The van der Waals surface area contributed by atoms with Crippen LogP contribution < -0.4 is 9.47 Å². The summed E-state index contributed by atoms with van der Waals surface area (Å²) in [5, 5.41) is 6.35. The molecule has 7 heteroatoms. The van der Waals surface area contributed by atoms with Crippen molar-refractivity contribution in [3.05, 3.63) is 35.9 Å². The lowest BCUT2D eigenvalue weighted by Gasteiger charge is -2.16. The Balaban J connectivity index is 1.73. The molecule has 4 rings (SSSR count). The third-order valence-electron chi connectivity index (χ3n) is 3.96. The van der Waals surface area contributed by atoms with E-state index in [-0.39, 0.29) is 19.6 Å². The number of ether oxygens (including phenoxy) is 2. The molecule has 2 aromatic rings. The number of alkyl halides is 2. The number of aromatic amines is 1. The molecule has 1 aromatic heterocycles. The van der Waals surface area contributed by atoms with Crippen molar-refractivity contribution in [2.45, 2.75) is 24.2 Å². The lowest BCUT2D eigenvalue weighted by atomic mass is 9.91. The van der Waals surface area contributed by atoms with Gasteiger partial charge in [-0.1, -0.05) is 6.07 Å². The minimum Gasteiger partial charge on any atom is -0.454 e. The summed E-state index contributed by atoms with van der Waals surface area (Å²) in [5.74, 6) is -1.18. The Kier molecular flexibility index (Phi) is 2.14. The van der Waals surface area contributed by atoms with Crippen LogP contribution in [0, 0.1) is 0 Å². The Bertz CT molecular complexity index is 660. The van der Waals surface area contributed by atoms with Gasteiger partial charge in [-0.15, -0.1) is 0 Å². The van der Waals surface area contributed by atoms with Crippen LogP contribution in [-0.4, -0.2) is 27.9 Å². The molecule has 1 aromatic carbocycles. The SMILES string of the molecule is FC1(F)CC1(Cc1ncn[nH]1)c1ccc2c(c1)OCO2. The Morgan fingerprint density at radius 2 is 2.05 bits per heavy atom. The summed E-state index contributed by atoms with van der Waals surface area (Å²) in [6.07, 6.45) is 1.25. The van der Waals surface area contributed by atoms with E-state index in [2.05, 4.69) is 15.2 Å². The van der Waals surface area contributed by atoms with Gasteiger partial charge in [0.15, 0.2) is 11.5 Å². The minimum absolute atomic E-state index is 0.125. The number of halogens is 2. The van der Waals surface area contributed by atoms with Crippen molar-refractivity contribution in [2.75, 3.05) is 6.79 Å². The lowest BCUT2D eigenvalue weighted by Crippen LogP contribution is -2.20. The number of benzene rings is 1. The van der Waals surface area contributed by atoms with E-state index in [1.807, 2.05) is 0 Å². The molecule has 1 N–H and O–H groups in total. The van der Waals surface area contributed by atoms with Crippen LogP contribution >= 0.6 is 0 Å². The van der Waals surface area contributed by atoms with E-state index in [1.165, 1.54) is 6.33 Å². The maximum Gasteiger partial charge on any atom is 0.259 e. The molecule has 1 fully saturated rings. The predicted octanol–water partition coefficient (Wildman–Crippen LogP) is 2.05. The van der Waals surface area contributed by atoms with Gasteiger partial charge in [0.25, 0.3) is 5.92 Å². The zero-order valence-electron chi connectivity index (χ0n) is 10.4. The van der Waals surface area contributed by atoms with Crippen LogP contribution in [0.1, 0.15) is 17.8 Å². The van der Waals surface area contributed by atoms with E-state index in [4.69, 9.17) is 9.47 Å². The fourth-order valence-electron chi connectivity index (χ4n) is 2.74. The maximum atomic E-state index is 13.9. The molecule has 5 nitrogen and oxygen atoms in total. The van der Waals surface area contributed by atoms with E-state index in [1.54, 1.807) is 18.2 Å². The van der Waals surface area contributed by atoms with Gasteiger partial charge < -0.3 is 9.47 Å². The standard InChI is InChI=1S/C13H11F2N3O2/c14-13(15)5-12(13,4-11-16-6-17-18-11)8-1-2-9-10(3-8)20-7-19-9/h1-3,6H,4-5,7H2,(H,16,17,18). The van der Waals surface area contributed by atoms with Gasteiger partial charge in [0.2, 0.25) is 6.79 Å². The number of rotatable bonds is 3. The summed E-state index contributed by atoms with van der Waals surface area (Å²) < 4.78 is 38.4. The third-order valence-corrected chi connectivity index (χ3v) is 3.96. The summed E-state index contributed by atoms with van der Waals surface area (Å²) in [7, 11) is 0. The lowest BCUT2D eigenvalue weighted by molar-refractivity contribution is 0.0870. The second-order valence-corrected chi connectivity index (χ2v) is 5.14. The first-order valence-corrected chi connectivity index (χ1v) is 6.23. The minimum atomic E-state index is -2.74. The highest BCUT2D eigenvalue weighted by Gasteiger charge is 2.72. The largest absolute Gasteiger partial charge is 0.454 e. The van der Waals surface area contributed by atoms with E-state index < -0.39 is 11.3 Å². The average molecular weight is 279 g/mol. The second-order valence-electron chi connectivity index (χ2n) is 5.14. The summed E-state index contributed by atoms with van der Waals surface area (Å²) >= 11 is 0. The highest BCUT2D eigenvalue weighted by atomic mass is 19.3. The zero-order chi connectivity index (χ0) is 13.8. The number of aromatic nitrogens is 3. The first-order chi connectivity index (χ1) is 9.61.